The minimum atomic E-state index is -2.34. The number of alkyl halides is 2. The van der Waals surface area contributed by atoms with Crippen molar-refractivity contribution in [1.82, 2.24) is 10.3 Å². The van der Waals surface area contributed by atoms with Crippen molar-refractivity contribution in [2.45, 2.75) is 52.6 Å². The van der Waals surface area contributed by atoms with Crippen molar-refractivity contribution in [2.75, 3.05) is 18.5 Å². The average Bonchev–Trinajstić information content (AvgIpc) is 2.67. The van der Waals surface area contributed by atoms with Gasteiger partial charge in [-0.2, -0.15) is 0 Å². The normalized spacial score (nSPS) is 12.2. The van der Waals surface area contributed by atoms with Gasteiger partial charge in [-0.3, -0.25) is 0 Å². The molecule has 0 radical (unpaired) electrons. The molecule has 1 N–H and O–H groups in total. The fourth-order valence-electron chi connectivity index (χ4n) is 1.58. The van der Waals surface area contributed by atoms with E-state index >= 15 is 0 Å². The molecule has 1 heterocycles. The quantitative estimate of drug-likeness (QED) is 0.871. The summed E-state index contributed by atoms with van der Waals surface area (Å²) in [6.07, 6.45) is -1.52. The number of hydrogen-bond donors (Lipinski definition) is 1. The summed E-state index contributed by atoms with van der Waals surface area (Å²) in [5, 5.41) is 4.08. The van der Waals surface area contributed by atoms with Gasteiger partial charge in [0.1, 0.15) is 0 Å². The standard InChI is InChI=1S/C13H23F2N3S/c1-6-9-10(7-16-13(2,3)4)19-12(17-9)18(5)8-11(14)15/h11,16H,6-8H2,1-5H3. The number of hydrogen-bond acceptors (Lipinski definition) is 4. The molecule has 0 fully saturated rings. The van der Waals surface area contributed by atoms with Crippen molar-refractivity contribution >= 4 is 16.5 Å². The summed E-state index contributed by atoms with van der Waals surface area (Å²) in [4.78, 5) is 7.11. The highest BCUT2D eigenvalue weighted by Gasteiger charge is 2.17. The third kappa shape index (κ3) is 5.40. The van der Waals surface area contributed by atoms with Crippen LogP contribution in [0.3, 0.4) is 0 Å². The van der Waals surface area contributed by atoms with Crippen molar-refractivity contribution in [2.24, 2.45) is 0 Å². The van der Waals surface area contributed by atoms with Crippen LogP contribution in [0, 0.1) is 0 Å². The highest BCUT2D eigenvalue weighted by Crippen LogP contribution is 2.27. The molecule has 0 saturated carbocycles. The predicted molar refractivity (Wildman–Crippen MR) is 77.4 cm³/mol. The van der Waals surface area contributed by atoms with E-state index in [0.29, 0.717) is 5.13 Å². The van der Waals surface area contributed by atoms with Crippen LogP contribution in [0.5, 0.6) is 0 Å². The third-order valence-corrected chi connectivity index (χ3v) is 3.83. The lowest BCUT2D eigenvalue weighted by Crippen LogP contribution is -2.35. The van der Waals surface area contributed by atoms with Gasteiger partial charge in [-0.05, 0) is 27.2 Å². The molecule has 3 nitrogen and oxygen atoms in total. The van der Waals surface area contributed by atoms with E-state index in [1.165, 1.54) is 16.2 Å². The Labute approximate surface area is 118 Å². The molecule has 0 spiro atoms. The topological polar surface area (TPSA) is 28.2 Å². The molecular weight excluding hydrogens is 268 g/mol. The van der Waals surface area contributed by atoms with Gasteiger partial charge in [0.15, 0.2) is 5.13 Å². The van der Waals surface area contributed by atoms with Crippen molar-refractivity contribution in [3.63, 3.8) is 0 Å². The molecular formula is C13H23F2N3S. The maximum Gasteiger partial charge on any atom is 0.255 e. The first kappa shape index (κ1) is 16.3. The zero-order valence-electron chi connectivity index (χ0n) is 12.3. The van der Waals surface area contributed by atoms with Crippen LogP contribution >= 0.6 is 11.3 Å². The largest absolute Gasteiger partial charge is 0.345 e. The van der Waals surface area contributed by atoms with Crippen LogP contribution in [0.15, 0.2) is 0 Å². The van der Waals surface area contributed by atoms with Crippen LogP contribution < -0.4 is 10.2 Å². The lowest BCUT2D eigenvalue weighted by molar-refractivity contribution is 0.156. The molecule has 1 rings (SSSR count). The van der Waals surface area contributed by atoms with Gasteiger partial charge in [-0.1, -0.05) is 6.92 Å². The smallest absolute Gasteiger partial charge is 0.255 e. The van der Waals surface area contributed by atoms with Gasteiger partial charge in [0, 0.05) is 24.0 Å². The Balaban J connectivity index is 2.79. The molecule has 110 valence electrons. The fourth-order valence-corrected chi connectivity index (χ4v) is 2.64. The molecule has 19 heavy (non-hydrogen) atoms. The fraction of sp³-hybridized carbons (Fsp3) is 0.769. The van der Waals surface area contributed by atoms with Crippen LogP contribution in [0.1, 0.15) is 38.3 Å². The molecule has 0 bridgehead atoms. The van der Waals surface area contributed by atoms with Gasteiger partial charge in [0.05, 0.1) is 12.2 Å². The lowest BCUT2D eigenvalue weighted by atomic mass is 10.1. The molecule has 0 unspecified atom stereocenters. The highest BCUT2D eigenvalue weighted by atomic mass is 32.1. The van der Waals surface area contributed by atoms with E-state index in [2.05, 4.69) is 31.1 Å². The van der Waals surface area contributed by atoms with Gasteiger partial charge in [0.2, 0.25) is 0 Å². The van der Waals surface area contributed by atoms with E-state index in [-0.39, 0.29) is 12.1 Å². The number of nitrogens with zero attached hydrogens (tertiary/aromatic N) is 2. The van der Waals surface area contributed by atoms with Crippen LogP contribution in [0.2, 0.25) is 0 Å². The molecule has 1 aromatic heterocycles. The van der Waals surface area contributed by atoms with Gasteiger partial charge in [-0.15, -0.1) is 11.3 Å². The number of aryl methyl sites for hydroxylation is 1. The predicted octanol–water partition coefficient (Wildman–Crippen LogP) is 3.29. The summed E-state index contributed by atoms with van der Waals surface area (Å²) < 4.78 is 24.8. The molecule has 0 atom stereocenters. The second-order valence-corrected chi connectivity index (χ2v) is 6.66. The van der Waals surface area contributed by atoms with E-state index in [9.17, 15) is 8.78 Å². The average molecular weight is 291 g/mol. The maximum absolute atomic E-state index is 12.4. The van der Waals surface area contributed by atoms with E-state index in [0.717, 1.165) is 23.5 Å². The number of nitrogens with one attached hydrogen (secondary N) is 1. The summed E-state index contributed by atoms with van der Waals surface area (Å²) in [5.74, 6) is 0. The van der Waals surface area contributed by atoms with E-state index in [4.69, 9.17) is 0 Å². The van der Waals surface area contributed by atoms with Crippen molar-refractivity contribution in [3.05, 3.63) is 10.6 Å². The Morgan fingerprint density at radius 3 is 2.47 bits per heavy atom. The number of rotatable bonds is 6. The Kier molecular flexibility index (Phi) is 5.67. The number of aromatic nitrogens is 1. The van der Waals surface area contributed by atoms with Gasteiger partial charge in [0.25, 0.3) is 6.43 Å². The monoisotopic (exact) mass is 291 g/mol. The van der Waals surface area contributed by atoms with E-state index < -0.39 is 6.43 Å². The van der Waals surface area contributed by atoms with Crippen LogP contribution in [-0.4, -0.2) is 30.5 Å². The first-order valence-corrected chi connectivity index (χ1v) is 7.27. The Morgan fingerprint density at radius 1 is 1.37 bits per heavy atom. The summed E-state index contributed by atoms with van der Waals surface area (Å²) in [7, 11) is 1.66. The Morgan fingerprint density at radius 2 is 2.00 bits per heavy atom. The Hall–Kier alpha value is -0.750. The molecule has 0 aliphatic rings. The van der Waals surface area contributed by atoms with Crippen molar-refractivity contribution in [1.29, 1.82) is 0 Å². The zero-order valence-corrected chi connectivity index (χ0v) is 13.1. The summed E-state index contributed by atoms with van der Waals surface area (Å²) in [6.45, 7) is 8.79. The van der Waals surface area contributed by atoms with E-state index in [1.807, 2.05) is 6.92 Å². The molecule has 1 aromatic rings. The lowest BCUT2D eigenvalue weighted by Gasteiger charge is -2.20. The van der Waals surface area contributed by atoms with Crippen LogP contribution in [0.25, 0.3) is 0 Å². The van der Waals surface area contributed by atoms with Gasteiger partial charge >= 0.3 is 0 Å². The summed E-state index contributed by atoms with van der Waals surface area (Å²) in [6, 6.07) is 0. The molecule has 0 aliphatic heterocycles. The number of halogens is 2. The third-order valence-electron chi connectivity index (χ3n) is 2.62. The summed E-state index contributed by atoms with van der Waals surface area (Å²) in [5.41, 5.74) is 1.03. The van der Waals surface area contributed by atoms with Crippen molar-refractivity contribution in [3.8, 4) is 0 Å². The highest BCUT2D eigenvalue weighted by molar-refractivity contribution is 7.15. The molecule has 6 heteroatoms. The molecule has 0 amide bonds. The second kappa shape index (κ2) is 6.61. The van der Waals surface area contributed by atoms with Crippen molar-refractivity contribution < 1.29 is 8.78 Å². The van der Waals surface area contributed by atoms with Gasteiger partial charge in [-0.25, -0.2) is 13.8 Å². The Bertz CT molecular complexity index is 399. The first-order valence-electron chi connectivity index (χ1n) is 6.45. The minimum absolute atomic E-state index is 0.0318. The molecule has 0 saturated heterocycles. The first-order chi connectivity index (χ1) is 8.73. The second-order valence-electron chi connectivity index (χ2n) is 5.60. The molecule has 0 aliphatic carbocycles. The SMILES string of the molecule is CCc1nc(N(C)CC(F)F)sc1CNC(C)(C)C. The van der Waals surface area contributed by atoms with Gasteiger partial charge < -0.3 is 10.2 Å². The minimum Gasteiger partial charge on any atom is -0.345 e. The number of anilines is 1. The number of thiazole rings is 1. The maximum atomic E-state index is 12.4. The van der Waals surface area contributed by atoms with Crippen LogP contribution in [0.4, 0.5) is 13.9 Å². The summed E-state index contributed by atoms with van der Waals surface area (Å²) >= 11 is 1.49. The van der Waals surface area contributed by atoms with Crippen LogP contribution in [-0.2, 0) is 13.0 Å². The zero-order chi connectivity index (χ0) is 14.6. The van der Waals surface area contributed by atoms with E-state index in [1.54, 1.807) is 7.05 Å². The molecule has 0 aromatic carbocycles.